The minimum atomic E-state index is -0.0833. The molecule has 0 radical (unpaired) electrons. The Morgan fingerprint density at radius 3 is 2.95 bits per heavy atom. The predicted molar refractivity (Wildman–Crippen MR) is 87.7 cm³/mol. The zero-order valence-electron chi connectivity index (χ0n) is 11.7. The molecule has 0 bridgehead atoms. The molecular formula is C13H15N5OS2. The van der Waals surface area contributed by atoms with Crippen molar-refractivity contribution < 1.29 is 4.79 Å². The SMILES string of the molecule is CS/C(N)=N/c1nc(-c2cccc(CNC(C)=O)n2)cs1. The zero-order valence-corrected chi connectivity index (χ0v) is 13.3. The molecule has 21 heavy (non-hydrogen) atoms. The fourth-order valence-electron chi connectivity index (χ4n) is 1.51. The predicted octanol–water partition coefficient (Wildman–Crippen LogP) is 2.15. The van der Waals surface area contributed by atoms with E-state index in [4.69, 9.17) is 5.73 Å². The van der Waals surface area contributed by atoms with Crippen molar-refractivity contribution in [2.75, 3.05) is 6.26 Å². The second kappa shape index (κ2) is 7.19. The van der Waals surface area contributed by atoms with Gasteiger partial charge in [-0.25, -0.2) is 9.97 Å². The highest BCUT2D eigenvalue weighted by Crippen LogP contribution is 2.26. The van der Waals surface area contributed by atoms with Gasteiger partial charge in [0, 0.05) is 12.3 Å². The van der Waals surface area contributed by atoms with Crippen LogP contribution in [0.15, 0.2) is 28.6 Å². The summed E-state index contributed by atoms with van der Waals surface area (Å²) in [4.78, 5) is 24.0. The van der Waals surface area contributed by atoms with E-state index in [-0.39, 0.29) is 5.91 Å². The summed E-state index contributed by atoms with van der Waals surface area (Å²) in [5, 5.41) is 5.68. The van der Waals surface area contributed by atoms with Gasteiger partial charge in [0.05, 0.1) is 17.9 Å². The average molecular weight is 321 g/mol. The van der Waals surface area contributed by atoms with Crippen LogP contribution in [0, 0.1) is 0 Å². The Morgan fingerprint density at radius 2 is 2.24 bits per heavy atom. The van der Waals surface area contributed by atoms with Crippen LogP contribution in [0.1, 0.15) is 12.6 Å². The second-order valence-electron chi connectivity index (χ2n) is 4.09. The third-order valence-electron chi connectivity index (χ3n) is 2.49. The second-order valence-corrected chi connectivity index (χ2v) is 5.76. The molecule has 2 aromatic heterocycles. The lowest BCUT2D eigenvalue weighted by Crippen LogP contribution is -2.19. The van der Waals surface area contributed by atoms with Gasteiger partial charge < -0.3 is 11.1 Å². The summed E-state index contributed by atoms with van der Waals surface area (Å²) in [6.07, 6.45) is 1.86. The molecule has 0 aliphatic heterocycles. The molecule has 0 aromatic carbocycles. The number of amidine groups is 1. The molecule has 2 rings (SSSR count). The molecule has 2 heterocycles. The lowest BCUT2D eigenvalue weighted by atomic mass is 10.2. The number of carbonyl (C=O) groups is 1. The van der Waals surface area contributed by atoms with Gasteiger partial charge in [-0.15, -0.1) is 11.3 Å². The summed E-state index contributed by atoms with van der Waals surface area (Å²) in [7, 11) is 0. The van der Waals surface area contributed by atoms with Crippen molar-refractivity contribution in [2.24, 2.45) is 10.7 Å². The average Bonchev–Trinajstić information content (AvgIpc) is 2.94. The molecule has 110 valence electrons. The minimum absolute atomic E-state index is 0.0833. The van der Waals surface area contributed by atoms with Crippen molar-refractivity contribution in [3.05, 3.63) is 29.3 Å². The number of rotatable bonds is 4. The van der Waals surface area contributed by atoms with E-state index < -0.39 is 0 Å². The highest BCUT2D eigenvalue weighted by Gasteiger charge is 2.07. The fourth-order valence-corrected chi connectivity index (χ4v) is 2.44. The summed E-state index contributed by atoms with van der Waals surface area (Å²) in [5.74, 6) is -0.0833. The van der Waals surface area contributed by atoms with Crippen LogP contribution in [0.25, 0.3) is 11.4 Å². The van der Waals surface area contributed by atoms with Gasteiger partial charge in [0.1, 0.15) is 5.69 Å². The Kier molecular flexibility index (Phi) is 5.29. The summed E-state index contributed by atoms with van der Waals surface area (Å²) >= 11 is 2.79. The summed E-state index contributed by atoms with van der Waals surface area (Å²) in [6, 6.07) is 5.62. The molecule has 0 spiro atoms. The Balaban J connectivity index is 2.18. The third-order valence-corrected chi connectivity index (χ3v) is 3.74. The maximum atomic E-state index is 10.9. The first-order valence-electron chi connectivity index (χ1n) is 6.13. The number of amides is 1. The first-order valence-corrected chi connectivity index (χ1v) is 8.23. The highest BCUT2D eigenvalue weighted by atomic mass is 32.2. The van der Waals surface area contributed by atoms with Crippen molar-refractivity contribution in [1.29, 1.82) is 0 Å². The Morgan fingerprint density at radius 1 is 1.43 bits per heavy atom. The lowest BCUT2D eigenvalue weighted by Gasteiger charge is -2.03. The first kappa shape index (κ1) is 15.5. The largest absolute Gasteiger partial charge is 0.378 e. The molecule has 0 saturated carbocycles. The fraction of sp³-hybridized carbons (Fsp3) is 0.231. The molecule has 3 N–H and O–H groups in total. The molecule has 0 saturated heterocycles. The maximum Gasteiger partial charge on any atom is 0.217 e. The zero-order chi connectivity index (χ0) is 15.2. The van der Waals surface area contributed by atoms with Crippen molar-refractivity contribution in [1.82, 2.24) is 15.3 Å². The number of nitrogens with two attached hydrogens (primary N) is 1. The van der Waals surface area contributed by atoms with Gasteiger partial charge in [-0.1, -0.05) is 17.8 Å². The van der Waals surface area contributed by atoms with Crippen LogP contribution in [0.3, 0.4) is 0 Å². The topological polar surface area (TPSA) is 93.3 Å². The molecule has 0 atom stereocenters. The van der Waals surface area contributed by atoms with Crippen molar-refractivity contribution in [2.45, 2.75) is 13.5 Å². The van der Waals surface area contributed by atoms with E-state index in [0.717, 1.165) is 17.1 Å². The van der Waals surface area contributed by atoms with Crippen molar-refractivity contribution in [3.63, 3.8) is 0 Å². The van der Waals surface area contributed by atoms with Crippen LogP contribution in [0.4, 0.5) is 5.13 Å². The summed E-state index contributed by atoms with van der Waals surface area (Å²) in [5.41, 5.74) is 7.95. The smallest absolute Gasteiger partial charge is 0.217 e. The Bertz CT molecular complexity index is 668. The number of hydrogen-bond acceptors (Lipinski definition) is 6. The number of aliphatic imine (C=N–C) groups is 1. The normalized spacial score (nSPS) is 11.4. The monoisotopic (exact) mass is 321 g/mol. The van der Waals surface area contributed by atoms with Crippen LogP contribution >= 0.6 is 23.1 Å². The molecule has 0 aliphatic carbocycles. The van der Waals surface area contributed by atoms with Crippen LogP contribution < -0.4 is 11.1 Å². The molecule has 0 unspecified atom stereocenters. The summed E-state index contributed by atoms with van der Waals surface area (Å²) < 4.78 is 0. The number of carbonyl (C=O) groups excluding carboxylic acids is 1. The van der Waals surface area contributed by atoms with Crippen LogP contribution in [0.2, 0.25) is 0 Å². The van der Waals surface area contributed by atoms with Crippen LogP contribution in [0.5, 0.6) is 0 Å². The standard InChI is InChI=1S/C13H15N5OS2/c1-8(19)15-6-9-4-3-5-10(16-9)11-7-21-13(17-11)18-12(14)20-2/h3-5,7H,6H2,1-2H3,(H,15,19)(H2,14,17,18). The van der Waals surface area contributed by atoms with E-state index in [1.807, 2.05) is 29.8 Å². The molecule has 1 amide bonds. The molecule has 8 heteroatoms. The van der Waals surface area contributed by atoms with Gasteiger partial charge in [0.15, 0.2) is 5.17 Å². The van der Waals surface area contributed by atoms with Gasteiger partial charge in [-0.3, -0.25) is 4.79 Å². The maximum absolute atomic E-state index is 10.9. The molecular weight excluding hydrogens is 306 g/mol. The van der Waals surface area contributed by atoms with E-state index >= 15 is 0 Å². The van der Waals surface area contributed by atoms with Gasteiger partial charge in [-0.2, -0.15) is 4.99 Å². The van der Waals surface area contributed by atoms with Crippen molar-refractivity contribution in [3.8, 4) is 11.4 Å². The highest BCUT2D eigenvalue weighted by molar-refractivity contribution is 8.13. The molecule has 0 aliphatic rings. The van der Waals surface area contributed by atoms with E-state index in [0.29, 0.717) is 16.8 Å². The number of nitrogens with zero attached hydrogens (tertiary/aromatic N) is 3. The van der Waals surface area contributed by atoms with E-state index in [1.165, 1.54) is 30.0 Å². The number of aromatic nitrogens is 2. The Labute approximate surface area is 130 Å². The van der Waals surface area contributed by atoms with Crippen LogP contribution in [-0.2, 0) is 11.3 Å². The number of thioether (sulfide) groups is 1. The third kappa shape index (κ3) is 4.54. The lowest BCUT2D eigenvalue weighted by molar-refractivity contribution is -0.119. The number of pyridine rings is 1. The van der Waals surface area contributed by atoms with Gasteiger partial charge >= 0.3 is 0 Å². The van der Waals surface area contributed by atoms with Crippen molar-refractivity contribution >= 4 is 39.3 Å². The number of thiazole rings is 1. The van der Waals surface area contributed by atoms with E-state index in [2.05, 4.69) is 20.3 Å². The van der Waals surface area contributed by atoms with E-state index in [1.54, 1.807) is 0 Å². The molecule has 0 fully saturated rings. The molecule has 6 nitrogen and oxygen atoms in total. The first-order chi connectivity index (χ1) is 10.1. The quantitative estimate of drug-likeness (QED) is 0.665. The van der Waals surface area contributed by atoms with E-state index in [9.17, 15) is 4.79 Å². The minimum Gasteiger partial charge on any atom is -0.378 e. The van der Waals surface area contributed by atoms with Gasteiger partial charge in [-0.05, 0) is 18.4 Å². The molecule has 2 aromatic rings. The summed E-state index contributed by atoms with van der Waals surface area (Å²) in [6.45, 7) is 1.88. The number of hydrogen-bond donors (Lipinski definition) is 2. The van der Waals surface area contributed by atoms with Gasteiger partial charge in [0.25, 0.3) is 0 Å². The van der Waals surface area contributed by atoms with Gasteiger partial charge in [0.2, 0.25) is 11.0 Å². The van der Waals surface area contributed by atoms with Crippen LogP contribution in [-0.4, -0.2) is 27.3 Å². The number of nitrogens with one attached hydrogen (secondary N) is 1. The Hall–Kier alpha value is -1.93.